The molecule has 10 atom stereocenters. The van der Waals surface area contributed by atoms with Gasteiger partial charge in [0, 0.05) is 85.8 Å². The Labute approximate surface area is 548 Å². The highest BCUT2D eigenvalue weighted by molar-refractivity contribution is 6.00. The van der Waals surface area contributed by atoms with Gasteiger partial charge in [-0.25, -0.2) is 13.2 Å². The van der Waals surface area contributed by atoms with Gasteiger partial charge in [-0.3, -0.25) is 52.7 Å². The summed E-state index contributed by atoms with van der Waals surface area (Å²) in [6.07, 6.45) is -2.43. The molecule has 0 unspecified atom stereocenters. The van der Waals surface area contributed by atoms with Gasteiger partial charge in [0.25, 0.3) is 5.91 Å². The topological polar surface area (TPSA) is 387 Å². The molecule has 30 heteroatoms. The number of hydrogen-bond donors (Lipinski definition) is 12. The Balaban J connectivity index is 1.04. The molecule has 4 aromatic carbocycles. The number of aromatic amines is 2. The third-order valence-corrected chi connectivity index (χ3v) is 17.3. The molecular formula is C66H76F3N13O14. The van der Waals surface area contributed by atoms with Gasteiger partial charge >= 0.3 is 0 Å². The van der Waals surface area contributed by atoms with Crippen molar-refractivity contribution in [3.8, 4) is 11.5 Å². The molecule has 0 saturated carbocycles. The van der Waals surface area contributed by atoms with Gasteiger partial charge in [0.2, 0.25) is 59.1 Å². The number of methoxy groups -OCH3 is 1. The molecule has 0 aliphatic carbocycles. The summed E-state index contributed by atoms with van der Waals surface area (Å²) >= 11 is 0. The Kier molecular flexibility index (Phi) is 22.3. The smallest absolute Gasteiger partial charge is 0.257 e. The number of aromatic nitrogens is 2. The number of hydrogen-bond acceptors (Lipinski definition) is 14. The van der Waals surface area contributed by atoms with Gasteiger partial charge in [-0.1, -0.05) is 24.3 Å². The van der Waals surface area contributed by atoms with Gasteiger partial charge in [0.1, 0.15) is 77.1 Å². The van der Waals surface area contributed by atoms with E-state index < -0.39 is 169 Å². The van der Waals surface area contributed by atoms with Gasteiger partial charge in [-0.05, 0) is 117 Å². The van der Waals surface area contributed by atoms with E-state index in [0.29, 0.717) is 45.3 Å². The number of H-pyrrole nitrogens is 2. The van der Waals surface area contributed by atoms with Crippen molar-refractivity contribution in [1.29, 1.82) is 0 Å². The van der Waals surface area contributed by atoms with Crippen molar-refractivity contribution in [2.24, 2.45) is 5.73 Å². The lowest BCUT2D eigenvalue weighted by Crippen LogP contribution is -2.64. The standard InChI is InChI=1S/C66H76F3N13O14/c1-34-59(88)76-50(24-38-29-72-47-16-10-40(67)26-45(38)47)60(89)77-52(25-39-30-73-48-17-11-41(68)27-46(39)48)63(92)81-32-42(69)28-53(81)61(90)80-57(35(2)83)62(91)78-51(23-37-6-12-43(95-4)13-7-37)64(93)82-21-5-19-66(82,3)65(94)79-49(58(70)87)22-36-8-14-44(15-9-36)96-33-56(86)71-20-18-54(84)74-31-55(85)75-34/h6-17,26-27,29-30,34-35,42,49-53,57,72-73,83H,5,18-25,28,31-33H2,1-4H3,(H2,70,87)(H,71,86)(H,74,84)(H,75,85)(H,76,88)(H,77,89)(H,78,91)(H,79,94)(H,80,90)/t34-,35-,42+,49+,50+,51+,52+,53+,57+,66+/m1/s1. The van der Waals surface area contributed by atoms with E-state index in [1.807, 2.05) is 0 Å². The predicted octanol–water partition coefficient (Wildman–Crippen LogP) is 0.336. The van der Waals surface area contributed by atoms with Crippen LogP contribution in [0.2, 0.25) is 0 Å². The van der Waals surface area contributed by atoms with Crippen LogP contribution in [-0.2, 0) is 78.4 Å². The molecule has 10 rings (SSSR count). The summed E-state index contributed by atoms with van der Waals surface area (Å²) < 4.78 is 56.7. The number of ether oxygens (including phenoxy) is 2. The minimum atomic E-state index is -1.90. The summed E-state index contributed by atoms with van der Waals surface area (Å²) in [7, 11) is 1.45. The third kappa shape index (κ3) is 17.1. The molecule has 2 bridgehead atoms. The molecule has 96 heavy (non-hydrogen) atoms. The van der Waals surface area contributed by atoms with Crippen LogP contribution in [0.15, 0.2) is 97.3 Å². The van der Waals surface area contributed by atoms with E-state index in [1.165, 1.54) is 86.8 Å². The van der Waals surface area contributed by atoms with Crippen LogP contribution in [0.25, 0.3) is 21.8 Å². The number of nitrogens with one attached hydrogen (secondary N) is 10. The Morgan fingerprint density at radius 1 is 0.719 bits per heavy atom. The molecule has 2 fully saturated rings. The maximum absolute atomic E-state index is 16.0. The summed E-state index contributed by atoms with van der Waals surface area (Å²) in [5.74, 6) is -10.5. The lowest BCUT2D eigenvalue weighted by molar-refractivity contribution is -0.147. The maximum atomic E-state index is 16.0. The monoisotopic (exact) mass is 1330 g/mol. The van der Waals surface area contributed by atoms with Crippen LogP contribution in [0, 0.1) is 11.6 Å². The minimum absolute atomic E-state index is 0.00158. The SMILES string of the molecule is COc1ccc(C[C@@H]2NC(=O)[C@H]([C@@H](C)O)NC(=O)[C@@H]3C[C@H](F)CN3C(=O)[C@H](Cc3c[nH]c4ccc(F)cc34)NC(=O)[C@H](Cc3c[nH]c4ccc(F)cc34)NC(=O)[C@@H](C)NC(=O)CNC(=O)CCNC(=O)COc3ccc(cc3)C[C@@H](C(N)=O)NC(=O)[C@]3(C)CCCN3C2=O)cc1. The Bertz CT molecular complexity index is 3920. The summed E-state index contributed by atoms with van der Waals surface area (Å²) in [4.78, 5) is 163. The first-order valence-corrected chi connectivity index (χ1v) is 31.2. The van der Waals surface area contributed by atoms with Crippen molar-refractivity contribution < 1.29 is 80.5 Å². The molecule has 6 heterocycles. The molecule has 13 N–H and O–H groups in total. The van der Waals surface area contributed by atoms with Crippen LogP contribution in [0.4, 0.5) is 13.2 Å². The number of rotatable bonds is 9. The summed E-state index contributed by atoms with van der Waals surface area (Å²) in [6, 6.07) is 8.97. The average molecular weight is 1330 g/mol. The number of nitrogens with two attached hydrogens (primary N) is 1. The van der Waals surface area contributed by atoms with Crippen LogP contribution < -0.4 is 57.7 Å². The van der Waals surface area contributed by atoms with E-state index in [4.69, 9.17) is 15.2 Å². The number of fused-ring (bicyclic) bond motifs is 31. The molecule has 27 nitrogen and oxygen atoms in total. The second kappa shape index (κ2) is 30.7. The van der Waals surface area contributed by atoms with Gasteiger partial charge in [0.15, 0.2) is 6.61 Å². The van der Waals surface area contributed by atoms with Crippen molar-refractivity contribution in [2.75, 3.05) is 39.9 Å². The molecule has 6 aromatic rings. The van der Waals surface area contributed by atoms with Crippen LogP contribution >= 0.6 is 0 Å². The number of alkyl halides is 1. The van der Waals surface area contributed by atoms with Crippen LogP contribution in [0.5, 0.6) is 11.5 Å². The summed E-state index contributed by atoms with van der Waals surface area (Å²) in [5, 5.41) is 32.3. The second-order valence-electron chi connectivity index (χ2n) is 24.3. The van der Waals surface area contributed by atoms with Crippen molar-refractivity contribution >= 4 is 86.8 Å². The van der Waals surface area contributed by atoms with Gasteiger partial charge in [0.05, 0.1) is 26.3 Å². The number of halogens is 3. The second-order valence-corrected chi connectivity index (χ2v) is 24.3. The number of carbonyl (C=O) groups excluding carboxylic acids is 11. The predicted molar refractivity (Wildman–Crippen MR) is 339 cm³/mol. The molecule has 510 valence electrons. The molecule has 4 aliphatic heterocycles. The highest BCUT2D eigenvalue weighted by Gasteiger charge is 2.49. The van der Waals surface area contributed by atoms with Crippen LogP contribution in [-0.4, -0.2) is 190 Å². The molecule has 2 saturated heterocycles. The Morgan fingerprint density at radius 2 is 1.33 bits per heavy atom. The maximum Gasteiger partial charge on any atom is 0.257 e. The van der Waals surface area contributed by atoms with Gasteiger partial charge < -0.3 is 82.6 Å². The quantitative estimate of drug-likeness (QED) is 0.0869. The zero-order chi connectivity index (χ0) is 69.1. The first kappa shape index (κ1) is 69.8. The van der Waals surface area contributed by atoms with E-state index in [9.17, 15) is 52.2 Å². The number of aliphatic hydroxyl groups excluding tert-OH is 1. The lowest BCUT2D eigenvalue weighted by Gasteiger charge is -2.37. The molecule has 0 radical (unpaired) electrons. The number of aliphatic hydroxyl groups is 1. The zero-order valence-electron chi connectivity index (χ0n) is 53.0. The first-order chi connectivity index (χ1) is 45.8. The van der Waals surface area contributed by atoms with E-state index in [2.05, 4.69) is 52.5 Å². The van der Waals surface area contributed by atoms with Crippen LogP contribution in [0.1, 0.15) is 68.7 Å². The lowest BCUT2D eigenvalue weighted by atomic mass is 9.94. The number of amides is 11. The number of benzene rings is 4. The van der Waals surface area contributed by atoms with E-state index in [-0.39, 0.29) is 61.9 Å². The van der Waals surface area contributed by atoms with Gasteiger partial charge in [-0.15, -0.1) is 0 Å². The number of carbonyl (C=O) groups is 11. The van der Waals surface area contributed by atoms with Crippen molar-refractivity contribution in [2.45, 2.75) is 132 Å². The van der Waals surface area contributed by atoms with Gasteiger partial charge in [-0.2, -0.15) is 0 Å². The highest BCUT2D eigenvalue weighted by atomic mass is 19.1. The molecule has 2 aromatic heterocycles. The van der Waals surface area contributed by atoms with Crippen LogP contribution in [0.3, 0.4) is 0 Å². The van der Waals surface area contributed by atoms with Crippen molar-refractivity contribution in [3.63, 3.8) is 0 Å². The molecule has 0 spiro atoms. The molecule has 4 aliphatic rings. The largest absolute Gasteiger partial charge is 0.497 e. The Morgan fingerprint density at radius 3 is 1.96 bits per heavy atom. The Hall–Kier alpha value is -10.5. The minimum Gasteiger partial charge on any atom is -0.497 e. The average Bonchev–Trinajstić information content (AvgIpc) is 1.77. The van der Waals surface area contributed by atoms with E-state index >= 15 is 18.8 Å². The van der Waals surface area contributed by atoms with E-state index in [1.54, 1.807) is 36.4 Å². The zero-order valence-corrected chi connectivity index (χ0v) is 53.0. The fourth-order valence-electron chi connectivity index (χ4n) is 12.0. The van der Waals surface area contributed by atoms with E-state index in [0.717, 1.165) is 11.8 Å². The summed E-state index contributed by atoms with van der Waals surface area (Å²) in [6.45, 7) is 1.90. The third-order valence-electron chi connectivity index (χ3n) is 17.3. The van der Waals surface area contributed by atoms with Crippen molar-refractivity contribution in [1.82, 2.24) is 62.3 Å². The number of nitrogens with zero attached hydrogens (tertiary/aromatic N) is 2. The van der Waals surface area contributed by atoms with Crippen molar-refractivity contribution in [3.05, 3.63) is 131 Å². The highest BCUT2D eigenvalue weighted by Crippen LogP contribution is 2.32. The molecular weight excluding hydrogens is 1260 g/mol. The normalized spacial score (nSPS) is 25.0. The fourth-order valence-corrected chi connectivity index (χ4v) is 12.0. The number of primary amides is 1. The first-order valence-electron chi connectivity index (χ1n) is 31.2. The fraction of sp³-hybridized carbons (Fsp3) is 0.409. The molecule has 11 amide bonds. The summed E-state index contributed by atoms with van der Waals surface area (Å²) in [5.41, 5.74) is 6.62.